The van der Waals surface area contributed by atoms with E-state index in [2.05, 4.69) is 31.8 Å². The standard InChI is InChI=1S/C13H18ClNOS/c1-4-8(2)9(3)15-13(16)11-7-10(17)5-6-12(11)14/h5-9,17H,4H2,1-3H3,(H,15,16). The van der Waals surface area contributed by atoms with Crippen molar-refractivity contribution in [2.45, 2.75) is 38.1 Å². The average Bonchev–Trinajstić information content (AvgIpc) is 2.30. The monoisotopic (exact) mass is 271 g/mol. The Labute approximate surface area is 113 Å². The van der Waals surface area contributed by atoms with Crippen molar-refractivity contribution < 1.29 is 4.79 Å². The summed E-state index contributed by atoms with van der Waals surface area (Å²) in [5, 5.41) is 3.41. The first-order valence-corrected chi connectivity index (χ1v) is 6.57. The van der Waals surface area contributed by atoms with Crippen LogP contribution in [0.25, 0.3) is 0 Å². The van der Waals surface area contributed by atoms with Crippen LogP contribution in [0.1, 0.15) is 37.6 Å². The Morgan fingerprint density at radius 3 is 2.71 bits per heavy atom. The van der Waals surface area contributed by atoms with Gasteiger partial charge in [0.25, 0.3) is 5.91 Å². The number of halogens is 1. The van der Waals surface area contributed by atoms with Gasteiger partial charge in [-0.05, 0) is 31.0 Å². The molecule has 1 aromatic carbocycles. The molecule has 1 amide bonds. The largest absolute Gasteiger partial charge is 0.349 e. The Hall–Kier alpha value is -0.670. The molecule has 1 aromatic rings. The Morgan fingerprint density at radius 1 is 1.47 bits per heavy atom. The second kappa shape index (κ2) is 6.31. The third kappa shape index (κ3) is 3.93. The summed E-state index contributed by atoms with van der Waals surface area (Å²) in [6.07, 6.45) is 1.03. The first kappa shape index (κ1) is 14.4. The molecule has 0 spiro atoms. The number of hydrogen-bond donors (Lipinski definition) is 2. The molecule has 2 nitrogen and oxygen atoms in total. The fourth-order valence-electron chi connectivity index (χ4n) is 1.47. The van der Waals surface area contributed by atoms with Crippen LogP contribution < -0.4 is 5.32 Å². The van der Waals surface area contributed by atoms with Crippen LogP contribution in [0.3, 0.4) is 0 Å². The van der Waals surface area contributed by atoms with E-state index in [1.54, 1.807) is 18.2 Å². The lowest BCUT2D eigenvalue weighted by atomic mass is 10.0. The zero-order valence-electron chi connectivity index (χ0n) is 10.3. The molecular weight excluding hydrogens is 254 g/mol. The van der Waals surface area contributed by atoms with Gasteiger partial charge in [-0.15, -0.1) is 12.6 Å². The maximum Gasteiger partial charge on any atom is 0.253 e. The van der Waals surface area contributed by atoms with Gasteiger partial charge in [-0.3, -0.25) is 4.79 Å². The van der Waals surface area contributed by atoms with Gasteiger partial charge in [-0.1, -0.05) is 31.9 Å². The van der Waals surface area contributed by atoms with E-state index >= 15 is 0 Å². The molecule has 2 atom stereocenters. The topological polar surface area (TPSA) is 29.1 Å². The van der Waals surface area contributed by atoms with Gasteiger partial charge in [0.1, 0.15) is 0 Å². The highest BCUT2D eigenvalue weighted by atomic mass is 35.5. The van der Waals surface area contributed by atoms with Crippen molar-refractivity contribution >= 4 is 30.1 Å². The molecule has 1 N–H and O–H groups in total. The quantitative estimate of drug-likeness (QED) is 0.802. The molecule has 0 aliphatic rings. The summed E-state index contributed by atoms with van der Waals surface area (Å²) < 4.78 is 0. The van der Waals surface area contributed by atoms with Crippen molar-refractivity contribution in [1.82, 2.24) is 5.32 Å². The van der Waals surface area contributed by atoms with Crippen molar-refractivity contribution in [3.8, 4) is 0 Å². The van der Waals surface area contributed by atoms with Gasteiger partial charge in [0.05, 0.1) is 10.6 Å². The van der Waals surface area contributed by atoms with E-state index in [1.165, 1.54) is 0 Å². The van der Waals surface area contributed by atoms with Gasteiger partial charge in [0.2, 0.25) is 0 Å². The van der Waals surface area contributed by atoms with E-state index in [0.29, 0.717) is 16.5 Å². The van der Waals surface area contributed by atoms with Crippen LogP contribution in [0.15, 0.2) is 23.1 Å². The van der Waals surface area contributed by atoms with E-state index in [9.17, 15) is 4.79 Å². The Kier molecular flexibility index (Phi) is 5.34. The number of carbonyl (C=O) groups is 1. The molecule has 0 aliphatic carbocycles. The first-order chi connectivity index (χ1) is 7.95. The van der Waals surface area contributed by atoms with Gasteiger partial charge in [-0.2, -0.15) is 0 Å². The first-order valence-electron chi connectivity index (χ1n) is 5.75. The molecule has 0 heterocycles. The molecule has 0 aromatic heterocycles. The van der Waals surface area contributed by atoms with Crippen LogP contribution in [-0.2, 0) is 0 Å². The van der Waals surface area contributed by atoms with Gasteiger partial charge < -0.3 is 5.32 Å². The van der Waals surface area contributed by atoms with Gasteiger partial charge in [0.15, 0.2) is 0 Å². The molecule has 1 rings (SSSR count). The number of carbonyl (C=O) groups excluding carboxylic acids is 1. The van der Waals surface area contributed by atoms with Crippen LogP contribution in [0, 0.1) is 5.92 Å². The molecule has 0 fully saturated rings. The summed E-state index contributed by atoms with van der Waals surface area (Å²) in [6, 6.07) is 5.27. The van der Waals surface area contributed by atoms with Crippen LogP contribution in [0.5, 0.6) is 0 Å². The van der Waals surface area contributed by atoms with Gasteiger partial charge in [0, 0.05) is 10.9 Å². The molecule has 17 heavy (non-hydrogen) atoms. The van der Waals surface area contributed by atoms with Crippen molar-refractivity contribution in [1.29, 1.82) is 0 Å². The number of thiol groups is 1. The minimum Gasteiger partial charge on any atom is -0.349 e. The van der Waals surface area contributed by atoms with E-state index < -0.39 is 0 Å². The maximum atomic E-state index is 12.0. The third-order valence-electron chi connectivity index (χ3n) is 3.05. The molecule has 0 bridgehead atoms. The molecule has 2 unspecified atom stereocenters. The molecule has 0 saturated heterocycles. The molecule has 0 aliphatic heterocycles. The Balaban J connectivity index is 2.79. The highest BCUT2D eigenvalue weighted by Crippen LogP contribution is 2.20. The van der Waals surface area contributed by atoms with Crippen molar-refractivity contribution in [3.05, 3.63) is 28.8 Å². The number of benzene rings is 1. The predicted molar refractivity (Wildman–Crippen MR) is 75.1 cm³/mol. The molecule has 94 valence electrons. The van der Waals surface area contributed by atoms with Crippen LogP contribution in [0.2, 0.25) is 5.02 Å². The summed E-state index contributed by atoms with van der Waals surface area (Å²) in [6.45, 7) is 6.22. The molecule has 4 heteroatoms. The predicted octanol–water partition coefficient (Wildman–Crippen LogP) is 3.79. The number of rotatable bonds is 4. The maximum absolute atomic E-state index is 12.0. The second-order valence-corrected chi connectivity index (χ2v) is 5.24. The fraction of sp³-hybridized carbons (Fsp3) is 0.462. The summed E-state index contributed by atoms with van der Waals surface area (Å²) in [4.78, 5) is 12.8. The lowest BCUT2D eigenvalue weighted by Gasteiger charge is -2.20. The van der Waals surface area contributed by atoms with Crippen molar-refractivity contribution in [2.24, 2.45) is 5.92 Å². The minimum absolute atomic E-state index is 0.132. The highest BCUT2D eigenvalue weighted by molar-refractivity contribution is 7.80. The van der Waals surface area contributed by atoms with Crippen molar-refractivity contribution in [2.75, 3.05) is 0 Å². The summed E-state index contributed by atoms with van der Waals surface area (Å²) >= 11 is 10.2. The highest BCUT2D eigenvalue weighted by Gasteiger charge is 2.16. The summed E-state index contributed by atoms with van der Waals surface area (Å²) in [5.41, 5.74) is 0.481. The molecule has 0 saturated carbocycles. The third-order valence-corrected chi connectivity index (χ3v) is 3.66. The summed E-state index contributed by atoms with van der Waals surface area (Å²) in [7, 11) is 0. The SMILES string of the molecule is CCC(C)C(C)NC(=O)c1cc(S)ccc1Cl. The second-order valence-electron chi connectivity index (χ2n) is 4.31. The fourth-order valence-corrected chi connectivity index (χ4v) is 1.87. The number of amides is 1. The molecular formula is C13H18ClNOS. The van der Waals surface area contributed by atoms with Crippen molar-refractivity contribution in [3.63, 3.8) is 0 Å². The van der Waals surface area contributed by atoms with E-state index in [0.717, 1.165) is 11.3 Å². The zero-order chi connectivity index (χ0) is 13.0. The number of nitrogens with one attached hydrogen (secondary N) is 1. The number of hydrogen-bond acceptors (Lipinski definition) is 2. The lowest BCUT2D eigenvalue weighted by Crippen LogP contribution is -2.37. The lowest BCUT2D eigenvalue weighted by molar-refractivity contribution is 0.0928. The van der Waals surface area contributed by atoms with Crippen LogP contribution >= 0.6 is 24.2 Å². The summed E-state index contributed by atoms with van der Waals surface area (Å²) in [5.74, 6) is 0.301. The Bertz CT molecular complexity index is 408. The normalized spacial score (nSPS) is 14.2. The average molecular weight is 272 g/mol. The van der Waals surface area contributed by atoms with Gasteiger partial charge in [-0.25, -0.2) is 0 Å². The van der Waals surface area contributed by atoms with E-state index in [-0.39, 0.29) is 11.9 Å². The van der Waals surface area contributed by atoms with Crippen LogP contribution in [-0.4, -0.2) is 11.9 Å². The Morgan fingerprint density at radius 2 is 2.12 bits per heavy atom. The zero-order valence-corrected chi connectivity index (χ0v) is 12.0. The van der Waals surface area contributed by atoms with E-state index in [1.807, 2.05) is 6.92 Å². The smallest absolute Gasteiger partial charge is 0.253 e. The molecule has 0 radical (unpaired) electrons. The van der Waals surface area contributed by atoms with E-state index in [4.69, 9.17) is 11.6 Å². The van der Waals surface area contributed by atoms with Crippen LogP contribution in [0.4, 0.5) is 0 Å². The van der Waals surface area contributed by atoms with Gasteiger partial charge >= 0.3 is 0 Å². The minimum atomic E-state index is -0.140.